The van der Waals surface area contributed by atoms with Crippen molar-refractivity contribution in [3.8, 4) is 0 Å². The number of aliphatic carboxylic acids is 1. The number of hydrogen-bond donors (Lipinski definition) is 1. The number of esters is 1. The maximum Gasteiger partial charge on any atom is 0.308 e. The van der Waals surface area contributed by atoms with Crippen LogP contribution in [0.5, 0.6) is 0 Å². The average Bonchev–Trinajstić information content (AvgIpc) is 2.10. The zero-order chi connectivity index (χ0) is 11.1. The summed E-state index contributed by atoms with van der Waals surface area (Å²) in [5.41, 5.74) is 0. The first-order chi connectivity index (χ1) is 6.47. The Morgan fingerprint density at radius 3 is 2.29 bits per heavy atom. The van der Waals surface area contributed by atoms with Gasteiger partial charge in [0.2, 0.25) is 0 Å². The number of ether oxygens (including phenoxy) is 1. The zero-order valence-corrected chi connectivity index (χ0v) is 8.95. The fourth-order valence-corrected chi connectivity index (χ4v) is 1.37. The van der Waals surface area contributed by atoms with Gasteiger partial charge in [-0.3, -0.25) is 9.59 Å². The Morgan fingerprint density at radius 2 is 1.93 bits per heavy atom. The molecule has 0 aromatic heterocycles. The van der Waals surface area contributed by atoms with E-state index in [2.05, 4.69) is 4.74 Å². The molecule has 14 heavy (non-hydrogen) atoms. The monoisotopic (exact) mass is 202 g/mol. The molecule has 4 nitrogen and oxygen atoms in total. The Labute approximate surface area is 84.3 Å². The predicted octanol–water partition coefficient (Wildman–Crippen LogP) is 1.69. The normalized spacial score (nSPS) is 12.6. The third-order valence-corrected chi connectivity index (χ3v) is 2.00. The summed E-state index contributed by atoms with van der Waals surface area (Å²) in [6.45, 7) is 3.99. The lowest BCUT2D eigenvalue weighted by Crippen LogP contribution is -2.19. The Bertz CT molecular complexity index is 198. The Kier molecular flexibility index (Phi) is 5.92. The van der Waals surface area contributed by atoms with Crippen molar-refractivity contribution in [1.29, 1.82) is 0 Å². The molecule has 0 rings (SSSR count). The molecule has 0 bridgehead atoms. The molecular weight excluding hydrogens is 184 g/mol. The SMILES string of the molecule is COC(=O)[C@@H](CCC(=O)O)CC(C)C. The molecule has 1 N–H and O–H groups in total. The average molecular weight is 202 g/mol. The van der Waals surface area contributed by atoms with Crippen LogP contribution in [0.25, 0.3) is 0 Å². The van der Waals surface area contributed by atoms with Gasteiger partial charge in [-0.1, -0.05) is 13.8 Å². The van der Waals surface area contributed by atoms with E-state index < -0.39 is 5.97 Å². The number of rotatable bonds is 6. The van der Waals surface area contributed by atoms with Crippen LogP contribution in [-0.4, -0.2) is 24.2 Å². The van der Waals surface area contributed by atoms with Gasteiger partial charge in [0, 0.05) is 6.42 Å². The van der Waals surface area contributed by atoms with Crippen LogP contribution in [0.2, 0.25) is 0 Å². The van der Waals surface area contributed by atoms with Crippen LogP contribution < -0.4 is 0 Å². The van der Waals surface area contributed by atoms with Crippen LogP contribution in [-0.2, 0) is 14.3 Å². The lowest BCUT2D eigenvalue weighted by molar-refractivity contribution is -0.146. The van der Waals surface area contributed by atoms with Gasteiger partial charge < -0.3 is 9.84 Å². The molecule has 4 heteroatoms. The summed E-state index contributed by atoms with van der Waals surface area (Å²) in [7, 11) is 1.33. The van der Waals surface area contributed by atoms with Gasteiger partial charge in [0.25, 0.3) is 0 Å². The summed E-state index contributed by atoms with van der Waals surface area (Å²) < 4.78 is 4.61. The first-order valence-electron chi connectivity index (χ1n) is 4.77. The maximum absolute atomic E-state index is 11.2. The Morgan fingerprint density at radius 1 is 1.36 bits per heavy atom. The summed E-state index contributed by atoms with van der Waals surface area (Å²) in [5, 5.41) is 8.50. The van der Waals surface area contributed by atoms with E-state index >= 15 is 0 Å². The molecule has 0 heterocycles. The van der Waals surface area contributed by atoms with Gasteiger partial charge in [0.05, 0.1) is 13.0 Å². The van der Waals surface area contributed by atoms with Crippen LogP contribution in [0.4, 0.5) is 0 Å². The van der Waals surface area contributed by atoms with E-state index in [9.17, 15) is 9.59 Å². The molecule has 0 fully saturated rings. The minimum absolute atomic E-state index is 0.0203. The minimum atomic E-state index is -0.873. The quantitative estimate of drug-likeness (QED) is 0.666. The zero-order valence-electron chi connectivity index (χ0n) is 8.95. The van der Waals surface area contributed by atoms with Crippen molar-refractivity contribution in [1.82, 2.24) is 0 Å². The van der Waals surface area contributed by atoms with Crippen molar-refractivity contribution >= 4 is 11.9 Å². The van der Waals surface area contributed by atoms with Gasteiger partial charge in [0.1, 0.15) is 0 Å². The second-order valence-corrected chi connectivity index (χ2v) is 3.78. The van der Waals surface area contributed by atoms with E-state index in [4.69, 9.17) is 5.11 Å². The van der Waals surface area contributed by atoms with Crippen LogP contribution in [0.3, 0.4) is 0 Å². The van der Waals surface area contributed by atoms with E-state index in [1.807, 2.05) is 13.8 Å². The van der Waals surface area contributed by atoms with E-state index in [1.165, 1.54) is 7.11 Å². The summed E-state index contributed by atoms with van der Waals surface area (Å²) in [6.07, 6.45) is 1.06. The Hall–Kier alpha value is -1.06. The number of hydrogen-bond acceptors (Lipinski definition) is 3. The minimum Gasteiger partial charge on any atom is -0.481 e. The summed E-state index contributed by atoms with van der Waals surface area (Å²) in [5.74, 6) is -1.09. The van der Waals surface area contributed by atoms with Crippen LogP contribution in [0.1, 0.15) is 33.1 Å². The van der Waals surface area contributed by atoms with Crippen molar-refractivity contribution in [3.63, 3.8) is 0 Å². The molecule has 0 amide bonds. The lowest BCUT2D eigenvalue weighted by atomic mass is 9.93. The molecule has 0 aliphatic heterocycles. The molecule has 0 spiro atoms. The molecule has 0 unspecified atom stereocenters. The van der Waals surface area contributed by atoms with Crippen molar-refractivity contribution in [3.05, 3.63) is 0 Å². The van der Waals surface area contributed by atoms with Crippen molar-refractivity contribution < 1.29 is 19.4 Å². The topological polar surface area (TPSA) is 63.6 Å². The van der Waals surface area contributed by atoms with Gasteiger partial charge in [-0.25, -0.2) is 0 Å². The molecule has 0 radical (unpaired) electrons. The molecule has 0 saturated carbocycles. The highest BCUT2D eigenvalue weighted by molar-refractivity contribution is 5.73. The molecule has 0 aliphatic carbocycles. The highest BCUT2D eigenvalue weighted by Gasteiger charge is 2.21. The summed E-state index contributed by atoms with van der Waals surface area (Å²) in [6, 6.07) is 0. The molecule has 0 aliphatic rings. The van der Waals surface area contributed by atoms with Gasteiger partial charge in [0.15, 0.2) is 0 Å². The highest BCUT2D eigenvalue weighted by atomic mass is 16.5. The van der Waals surface area contributed by atoms with E-state index in [-0.39, 0.29) is 18.3 Å². The molecule has 0 aromatic rings. The first-order valence-corrected chi connectivity index (χ1v) is 4.77. The number of carbonyl (C=O) groups is 2. The van der Waals surface area contributed by atoms with Crippen LogP contribution >= 0.6 is 0 Å². The van der Waals surface area contributed by atoms with E-state index in [0.29, 0.717) is 18.8 Å². The molecule has 0 saturated heterocycles. The van der Waals surface area contributed by atoms with E-state index in [0.717, 1.165) is 0 Å². The summed E-state index contributed by atoms with van der Waals surface area (Å²) in [4.78, 5) is 21.6. The largest absolute Gasteiger partial charge is 0.481 e. The van der Waals surface area contributed by atoms with Gasteiger partial charge in [-0.2, -0.15) is 0 Å². The third kappa shape index (κ3) is 5.56. The number of methoxy groups -OCH3 is 1. The summed E-state index contributed by atoms with van der Waals surface area (Å²) >= 11 is 0. The van der Waals surface area contributed by atoms with Gasteiger partial charge in [-0.05, 0) is 18.8 Å². The Balaban J connectivity index is 4.10. The molecule has 82 valence electrons. The first kappa shape index (κ1) is 12.9. The second kappa shape index (κ2) is 6.40. The highest BCUT2D eigenvalue weighted by Crippen LogP contribution is 2.18. The van der Waals surface area contributed by atoms with Gasteiger partial charge in [-0.15, -0.1) is 0 Å². The third-order valence-electron chi connectivity index (χ3n) is 2.00. The fraction of sp³-hybridized carbons (Fsp3) is 0.800. The van der Waals surface area contributed by atoms with Crippen molar-refractivity contribution in [2.45, 2.75) is 33.1 Å². The van der Waals surface area contributed by atoms with E-state index in [1.54, 1.807) is 0 Å². The number of carboxylic acid groups (broad SMARTS) is 1. The molecule has 0 aromatic carbocycles. The fourth-order valence-electron chi connectivity index (χ4n) is 1.37. The maximum atomic E-state index is 11.2. The smallest absolute Gasteiger partial charge is 0.308 e. The van der Waals surface area contributed by atoms with Crippen molar-refractivity contribution in [2.75, 3.05) is 7.11 Å². The molecule has 1 atom stereocenters. The second-order valence-electron chi connectivity index (χ2n) is 3.78. The molecular formula is C10H18O4. The van der Waals surface area contributed by atoms with Crippen LogP contribution in [0, 0.1) is 11.8 Å². The lowest BCUT2D eigenvalue weighted by Gasteiger charge is -2.15. The standard InChI is InChI=1S/C10H18O4/c1-7(2)6-8(10(13)14-3)4-5-9(11)12/h7-8H,4-6H2,1-3H3,(H,11,12)/t8-/m0/s1. The van der Waals surface area contributed by atoms with Crippen LogP contribution in [0.15, 0.2) is 0 Å². The van der Waals surface area contributed by atoms with Gasteiger partial charge >= 0.3 is 11.9 Å². The number of carbonyl (C=O) groups excluding carboxylic acids is 1. The van der Waals surface area contributed by atoms with Crippen molar-refractivity contribution in [2.24, 2.45) is 11.8 Å². The predicted molar refractivity (Wildman–Crippen MR) is 51.8 cm³/mol. The number of carboxylic acids is 1.